The Morgan fingerprint density at radius 2 is 2.38 bits per heavy atom. The van der Waals surface area contributed by atoms with Crippen LogP contribution in [0.5, 0.6) is 0 Å². The highest BCUT2D eigenvalue weighted by atomic mass is 32.1. The Morgan fingerprint density at radius 1 is 1.43 bits per heavy atom. The minimum atomic E-state index is 0.102. The molecule has 2 aliphatic rings. The van der Waals surface area contributed by atoms with E-state index in [-0.39, 0.29) is 18.0 Å². The first-order valence-corrected chi connectivity index (χ1v) is 8.03. The summed E-state index contributed by atoms with van der Waals surface area (Å²) in [6.45, 7) is 0. The highest BCUT2D eigenvalue weighted by Crippen LogP contribution is 2.42. The van der Waals surface area contributed by atoms with Crippen LogP contribution in [-0.4, -0.2) is 26.8 Å². The molecule has 0 N–H and O–H groups in total. The Balaban J connectivity index is 1.61. The summed E-state index contributed by atoms with van der Waals surface area (Å²) in [5.74, 6) is 0.102. The average molecular weight is 297 g/mol. The quantitative estimate of drug-likeness (QED) is 0.801. The van der Waals surface area contributed by atoms with E-state index in [1.165, 1.54) is 0 Å². The van der Waals surface area contributed by atoms with E-state index >= 15 is 0 Å². The van der Waals surface area contributed by atoms with Crippen LogP contribution in [0, 0.1) is 0 Å². The summed E-state index contributed by atoms with van der Waals surface area (Å²) in [5.41, 5.74) is 2.24. The van der Waals surface area contributed by atoms with Crippen molar-refractivity contribution in [3.63, 3.8) is 0 Å². The van der Waals surface area contributed by atoms with Crippen LogP contribution in [0.15, 0.2) is 36.1 Å². The van der Waals surface area contributed by atoms with Crippen LogP contribution in [0.4, 0.5) is 0 Å². The molecule has 4 heterocycles. The van der Waals surface area contributed by atoms with Crippen LogP contribution in [0.25, 0.3) is 6.08 Å². The predicted molar refractivity (Wildman–Crippen MR) is 81.7 cm³/mol. The number of amides is 1. The van der Waals surface area contributed by atoms with Crippen molar-refractivity contribution in [1.82, 2.24) is 14.9 Å². The first-order chi connectivity index (χ1) is 10.3. The monoisotopic (exact) mass is 297 g/mol. The Labute approximate surface area is 127 Å². The Hall–Kier alpha value is -2.01. The summed E-state index contributed by atoms with van der Waals surface area (Å²) >= 11 is 1.64. The van der Waals surface area contributed by atoms with E-state index in [4.69, 9.17) is 0 Å². The van der Waals surface area contributed by atoms with Gasteiger partial charge in [-0.2, -0.15) is 0 Å². The number of hydrogen-bond acceptors (Lipinski definition) is 4. The lowest BCUT2D eigenvalue weighted by molar-refractivity contribution is -0.129. The number of carbonyl (C=O) groups is 1. The standard InChI is InChI=1S/C16H15N3OS/c20-16(6-4-12-2-1-7-21-12)19-11-3-5-15(19)13-9-17-10-18-14(13)8-11/h1-2,4,6-7,9-11,15H,3,5,8H2/b6-4+/t11-,15-/m0/s1. The molecule has 2 aliphatic heterocycles. The van der Waals surface area contributed by atoms with Gasteiger partial charge in [0.2, 0.25) is 5.91 Å². The molecule has 0 aromatic carbocycles. The topological polar surface area (TPSA) is 46.1 Å². The number of nitrogens with zero attached hydrogens (tertiary/aromatic N) is 3. The van der Waals surface area contributed by atoms with Gasteiger partial charge in [0, 0.05) is 35.2 Å². The maximum absolute atomic E-state index is 12.6. The van der Waals surface area contributed by atoms with Crippen molar-refractivity contribution in [2.75, 3.05) is 0 Å². The van der Waals surface area contributed by atoms with Gasteiger partial charge in [-0.1, -0.05) is 6.07 Å². The number of carbonyl (C=O) groups excluding carboxylic acids is 1. The minimum absolute atomic E-state index is 0.102. The Morgan fingerprint density at radius 3 is 3.24 bits per heavy atom. The van der Waals surface area contributed by atoms with E-state index in [9.17, 15) is 4.79 Å². The Kier molecular flexibility index (Phi) is 3.07. The molecule has 2 atom stereocenters. The molecule has 2 bridgehead atoms. The molecule has 21 heavy (non-hydrogen) atoms. The van der Waals surface area contributed by atoms with E-state index in [1.54, 1.807) is 23.7 Å². The van der Waals surface area contributed by atoms with E-state index < -0.39 is 0 Å². The molecule has 2 aromatic heterocycles. The summed E-state index contributed by atoms with van der Waals surface area (Å²) in [4.78, 5) is 24.2. The van der Waals surface area contributed by atoms with Crippen LogP contribution in [0.2, 0.25) is 0 Å². The lowest BCUT2D eigenvalue weighted by Crippen LogP contribution is -2.41. The first kappa shape index (κ1) is 12.7. The van der Waals surface area contributed by atoms with Crippen molar-refractivity contribution < 1.29 is 4.79 Å². The fourth-order valence-corrected chi connectivity index (χ4v) is 4.00. The second-order valence-electron chi connectivity index (χ2n) is 5.47. The molecule has 5 heteroatoms. The van der Waals surface area contributed by atoms with Crippen molar-refractivity contribution in [3.05, 3.63) is 52.2 Å². The van der Waals surface area contributed by atoms with Crippen molar-refractivity contribution in [2.45, 2.75) is 31.3 Å². The van der Waals surface area contributed by atoms with E-state index in [0.29, 0.717) is 0 Å². The Bertz CT molecular complexity index is 695. The highest BCUT2D eigenvalue weighted by Gasteiger charge is 2.42. The van der Waals surface area contributed by atoms with Gasteiger partial charge >= 0.3 is 0 Å². The maximum Gasteiger partial charge on any atom is 0.247 e. The molecule has 4 nitrogen and oxygen atoms in total. The zero-order valence-electron chi connectivity index (χ0n) is 11.5. The van der Waals surface area contributed by atoms with Crippen LogP contribution in [0.1, 0.15) is 35.0 Å². The smallest absolute Gasteiger partial charge is 0.247 e. The summed E-state index contributed by atoms with van der Waals surface area (Å²) in [6.07, 6.45) is 10.0. The molecule has 4 rings (SSSR count). The lowest BCUT2D eigenvalue weighted by atomic mass is 9.99. The van der Waals surface area contributed by atoms with Gasteiger partial charge in [0.15, 0.2) is 0 Å². The number of fused-ring (bicyclic) bond motifs is 4. The molecule has 1 fully saturated rings. The lowest BCUT2D eigenvalue weighted by Gasteiger charge is -2.34. The number of thiophene rings is 1. The van der Waals surface area contributed by atoms with E-state index in [2.05, 4.69) is 9.97 Å². The van der Waals surface area contributed by atoms with Gasteiger partial charge in [-0.15, -0.1) is 11.3 Å². The summed E-state index contributed by atoms with van der Waals surface area (Å²) in [5, 5.41) is 2.02. The van der Waals surface area contributed by atoms with Gasteiger partial charge in [-0.3, -0.25) is 4.79 Å². The number of aromatic nitrogens is 2. The van der Waals surface area contributed by atoms with Crippen LogP contribution < -0.4 is 0 Å². The molecule has 0 spiro atoms. The second-order valence-corrected chi connectivity index (χ2v) is 6.45. The van der Waals surface area contributed by atoms with Crippen LogP contribution >= 0.6 is 11.3 Å². The predicted octanol–water partition coefficient (Wildman–Crippen LogP) is 2.84. The maximum atomic E-state index is 12.6. The highest BCUT2D eigenvalue weighted by molar-refractivity contribution is 7.10. The van der Waals surface area contributed by atoms with Crippen LogP contribution in [0.3, 0.4) is 0 Å². The number of rotatable bonds is 2. The molecule has 0 unspecified atom stereocenters. The average Bonchev–Trinajstić information content (AvgIpc) is 3.12. The third kappa shape index (κ3) is 2.17. The summed E-state index contributed by atoms with van der Waals surface area (Å²) < 4.78 is 0. The normalized spacial score (nSPS) is 23.5. The van der Waals surface area contributed by atoms with Gasteiger partial charge < -0.3 is 4.90 Å². The van der Waals surface area contributed by atoms with Crippen molar-refractivity contribution in [1.29, 1.82) is 0 Å². The third-order valence-electron chi connectivity index (χ3n) is 4.31. The fraction of sp³-hybridized carbons (Fsp3) is 0.312. The van der Waals surface area contributed by atoms with Crippen LogP contribution in [-0.2, 0) is 11.2 Å². The molecule has 0 radical (unpaired) electrons. The SMILES string of the molecule is O=C(/C=C/c1cccs1)N1[C@H]2CC[C@H]1c1cncnc1C2. The van der Waals surface area contributed by atoms with Gasteiger partial charge in [-0.05, 0) is 30.4 Å². The molecule has 1 saturated heterocycles. The molecule has 0 saturated carbocycles. The third-order valence-corrected chi connectivity index (χ3v) is 5.14. The number of hydrogen-bond donors (Lipinski definition) is 0. The van der Waals surface area contributed by atoms with Gasteiger partial charge in [0.1, 0.15) is 6.33 Å². The van der Waals surface area contributed by atoms with E-state index in [0.717, 1.165) is 35.4 Å². The van der Waals surface area contributed by atoms with Gasteiger partial charge in [0.25, 0.3) is 0 Å². The summed E-state index contributed by atoms with van der Waals surface area (Å²) in [7, 11) is 0. The fourth-order valence-electron chi connectivity index (χ4n) is 3.39. The minimum Gasteiger partial charge on any atom is -0.329 e. The molecular formula is C16H15N3OS. The van der Waals surface area contributed by atoms with Gasteiger partial charge in [0.05, 0.1) is 11.7 Å². The molecular weight excluding hydrogens is 282 g/mol. The van der Waals surface area contributed by atoms with Crippen molar-refractivity contribution in [3.8, 4) is 0 Å². The van der Waals surface area contributed by atoms with Crippen molar-refractivity contribution >= 4 is 23.3 Å². The van der Waals surface area contributed by atoms with E-state index in [1.807, 2.05) is 34.7 Å². The second kappa shape index (κ2) is 5.07. The zero-order valence-corrected chi connectivity index (χ0v) is 12.3. The zero-order chi connectivity index (χ0) is 14.2. The first-order valence-electron chi connectivity index (χ1n) is 7.15. The molecule has 0 aliphatic carbocycles. The summed E-state index contributed by atoms with van der Waals surface area (Å²) in [6, 6.07) is 4.45. The largest absolute Gasteiger partial charge is 0.329 e. The molecule has 106 valence electrons. The molecule has 1 amide bonds. The van der Waals surface area contributed by atoms with Gasteiger partial charge in [-0.25, -0.2) is 9.97 Å². The van der Waals surface area contributed by atoms with Crippen molar-refractivity contribution in [2.24, 2.45) is 0 Å². The molecule has 2 aromatic rings.